The number of aliphatic carboxylic acids is 1. The highest BCUT2D eigenvalue weighted by Gasteiger charge is 2.06. The maximum atomic E-state index is 10.3. The lowest BCUT2D eigenvalue weighted by Gasteiger charge is -1.90. The minimum Gasteiger partial charge on any atom is -0.481 e. The van der Waals surface area contributed by atoms with Crippen molar-refractivity contribution in [2.24, 2.45) is 0 Å². The Balaban J connectivity index is 2.27. The third-order valence-corrected chi connectivity index (χ3v) is 1.82. The Morgan fingerprint density at radius 3 is 3.13 bits per heavy atom. The number of aromatic nitrogens is 4. The molecule has 7 heteroatoms. The van der Waals surface area contributed by atoms with Gasteiger partial charge in [0.2, 0.25) is 0 Å². The molecule has 0 aliphatic heterocycles. The Kier molecular flexibility index (Phi) is 2.20. The summed E-state index contributed by atoms with van der Waals surface area (Å²) in [7, 11) is 0. The van der Waals surface area contributed by atoms with Gasteiger partial charge in [-0.3, -0.25) is 4.79 Å². The molecule has 0 fully saturated rings. The van der Waals surface area contributed by atoms with E-state index in [9.17, 15) is 4.79 Å². The Labute approximate surface area is 84.6 Å². The third-order valence-electron chi connectivity index (χ3n) is 1.82. The maximum Gasteiger partial charge on any atom is 0.303 e. The molecule has 15 heavy (non-hydrogen) atoms. The van der Waals surface area contributed by atoms with Gasteiger partial charge in [0.15, 0.2) is 5.82 Å². The van der Waals surface area contributed by atoms with Crippen molar-refractivity contribution in [2.45, 2.75) is 12.8 Å². The molecule has 0 bridgehead atoms. The number of anilines is 1. The molecule has 0 aliphatic carbocycles. The first kappa shape index (κ1) is 9.38. The number of nitrogen functional groups attached to an aromatic ring is 1. The zero-order valence-corrected chi connectivity index (χ0v) is 7.79. The van der Waals surface area contributed by atoms with E-state index in [1.54, 1.807) is 6.20 Å². The monoisotopic (exact) mass is 207 g/mol. The minimum absolute atomic E-state index is 0.00631. The number of hydrogen-bond acceptors (Lipinski definition) is 5. The van der Waals surface area contributed by atoms with Crippen LogP contribution >= 0.6 is 0 Å². The number of nitrogens with zero attached hydrogens (tertiary/aromatic N) is 4. The molecular formula is C8H9N5O2. The van der Waals surface area contributed by atoms with Crippen molar-refractivity contribution in [1.29, 1.82) is 0 Å². The number of rotatable bonds is 3. The van der Waals surface area contributed by atoms with Gasteiger partial charge in [-0.2, -0.15) is 4.98 Å². The molecule has 2 rings (SSSR count). The van der Waals surface area contributed by atoms with E-state index in [0.29, 0.717) is 23.7 Å². The third kappa shape index (κ3) is 2.01. The second-order valence-electron chi connectivity index (χ2n) is 3.05. The van der Waals surface area contributed by atoms with Gasteiger partial charge in [-0.05, 0) is 0 Å². The first-order valence-electron chi connectivity index (χ1n) is 4.34. The fraction of sp³-hybridized carbons (Fsp3) is 0.250. The molecule has 0 radical (unpaired) electrons. The van der Waals surface area contributed by atoms with Crippen molar-refractivity contribution in [3.8, 4) is 0 Å². The zero-order chi connectivity index (χ0) is 10.8. The molecule has 0 unspecified atom stereocenters. The summed E-state index contributed by atoms with van der Waals surface area (Å²) in [5, 5.41) is 12.5. The van der Waals surface area contributed by atoms with Gasteiger partial charge in [0.25, 0.3) is 5.78 Å². The Morgan fingerprint density at radius 1 is 1.60 bits per heavy atom. The largest absolute Gasteiger partial charge is 0.481 e. The van der Waals surface area contributed by atoms with Crippen LogP contribution in [0.2, 0.25) is 0 Å². The first-order chi connectivity index (χ1) is 7.15. The molecule has 0 spiro atoms. The highest BCUT2D eigenvalue weighted by Crippen LogP contribution is 2.03. The molecule has 0 aromatic carbocycles. The van der Waals surface area contributed by atoms with Gasteiger partial charge < -0.3 is 10.8 Å². The fourth-order valence-electron chi connectivity index (χ4n) is 1.16. The molecule has 0 aliphatic rings. The summed E-state index contributed by atoms with van der Waals surface area (Å²) in [6.45, 7) is 0. The van der Waals surface area contributed by atoms with Gasteiger partial charge in [-0.15, -0.1) is 5.10 Å². The molecule has 0 atom stereocenters. The van der Waals surface area contributed by atoms with Crippen LogP contribution in [0.3, 0.4) is 0 Å². The van der Waals surface area contributed by atoms with E-state index in [-0.39, 0.29) is 6.42 Å². The highest BCUT2D eigenvalue weighted by atomic mass is 16.4. The van der Waals surface area contributed by atoms with Crippen molar-refractivity contribution < 1.29 is 9.90 Å². The number of carboxylic acids is 1. The fourth-order valence-corrected chi connectivity index (χ4v) is 1.16. The van der Waals surface area contributed by atoms with Crippen LogP contribution in [0.25, 0.3) is 5.78 Å². The zero-order valence-electron chi connectivity index (χ0n) is 7.79. The van der Waals surface area contributed by atoms with Crippen molar-refractivity contribution in [2.75, 3.05) is 5.73 Å². The summed E-state index contributed by atoms with van der Waals surface area (Å²) in [5.74, 6) is 0.00131. The van der Waals surface area contributed by atoms with Crippen LogP contribution in [0, 0.1) is 0 Å². The smallest absolute Gasteiger partial charge is 0.303 e. The van der Waals surface area contributed by atoms with Gasteiger partial charge in [0, 0.05) is 6.42 Å². The van der Waals surface area contributed by atoms with Crippen LogP contribution < -0.4 is 5.73 Å². The predicted octanol–water partition coefficient (Wildman–Crippen LogP) is -0.276. The van der Waals surface area contributed by atoms with Crippen LogP contribution in [0.5, 0.6) is 0 Å². The lowest BCUT2D eigenvalue weighted by Crippen LogP contribution is -1.99. The molecule has 0 saturated heterocycles. The van der Waals surface area contributed by atoms with Crippen LogP contribution in [-0.2, 0) is 11.2 Å². The summed E-state index contributed by atoms with van der Waals surface area (Å²) in [6.07, 6.45) is 3.36. The van der Waals surface area contributed by atoms with Gasteiger partial charge in [-0.1, -0.05) is 0 Å². The topological polar surface area (TPSA) is 106 Å². The number of carboxylic acid groups (broad SMARTS) is 1. The predicted molar refractivity (Wildman–Crippen MR) is 51.2 cm³/mol. The van der Waals surface area contributed by atoms with Crippen molar-refractivity contribution >= 4 is 17.4 Å². The average Bonchev–Trinajstić information content (AvgIpc) is 2.56. The number of nitrogens with two attached hydrogens (primary N) is 1. The molecule has 78 valence electrons. The SMILES string of the molecule is Nc1cnc2nc(CCC(=O)O)nn2c1. The number of fused-ring (bicyclic) bond motifs is 1. The van der Waals surface area contributed by atoms with Gasteiger partial charge in [0.1, 0.15) is 0 Å². The molecule has 2 aromatic rings. The second kappa shape index (κ2) is 3.52. The number of carbonyl (C=O) groups is 1. The van der Waals surface area contributed by atoms with Crippen LogP contribution in [0.1, 0.15) is 12.2 Å². The number of aryl methyl sites for hydroxylation is 1. The van der Waals surface area contributed by atoms with Gasteiger partial charge in [-0.25, -0.2) is 9.50 Å². The summed E-state index contributed by atoms with van der Waals surface area (Å²) >= 11 is 0. The Bertz CT molecular complexity index is 507. The Morgan fingerprint density at radius 2 is 2.40 bits per heavy atom. The second-order valence-corrected chi connectivity index (χ2v) is 3.05. The molecule has 3 N–H and O–H groups in total. The maximum absolute atomic E-state index is 10.3. The lowest BCUT2D eigenvalue weighted by atomic mass is 10.3. The van der Waals surface area contributed by atoms with Gasteiger partial charge in [0.05, 0.1) is 24.5 Å². The standard InChI is InChI=1S/C8H9N5O2/c9-5-3-10-8-11-6(1-2-7(14)15)12-13(8)4-5/h3-4H,1-2,9H2,(H,14,15). The van der Waals surface area contributed by atoms with E-state index in [4.69, 9.17) is 10.8 Å². The van der Waals surface area contributed by atoms with Crippen LogP contribution in [0.4, 0.5) is 5.69 Å². The normalized spacial score (nSPS) is 10.7. The molecule has 2 heterocycles. The van der Waals surface area contributed by atoms with E-state index in [1.807, 2.05) is 0 Å². The summed E-state index contributed by atoms with van der Waals surface area (Å²) in [5.41, 5.74) is 5.99. The van der Waals surface area contributed by atoms with Gasteiger partial charge >= 0.3 is 5.97 Å². The van der Waals surface area contributed by atoms with Crippen molar-refractivity contribution in [3.63, 3.8) is 0 Å². The molecular weight excluding hydrogens is 198 g/mol. The minimum atomic E-state index is -0.874. The molecule has 0 amide bonds. The van der Waals surface area contributed by atoms with E-state index in [2.05, 4.69) is 15.1 Å². The van der Waals surface area contributed by atoms with E-state index in [1.165, 1.54) is 10.7 Å². The molecule has 7 nitrogen and oxygen atoms in total. The van der Waals surface area contributed by atoms with E-state index >= 15 is 0 Å². The highest BCUT2D eigenvalue weighted by molar-refractivity contribution is 5.66. The van der Waals surface area contributed by atoms with Crippen LogP contribution in [-0.4, -0.2) is 30.7 Å². The summed E-state index contributed by atoms with van der Waals surface area (Å²) < 4.78 is 1.44. The Hall–Kier alpha value is -2.18. The average molecular weight is 207 g/mol. The van der Waals surface area contributed by atoms with E-state index in [0.717, 1.165) is 0 Å². The van der Waals surface area contributed by atoms with Crippen molar-refractivity contribution in [3.05, 3.63) is 18.2 Å². The summed E-state index contributed by atoms with van der Waals surface area (Å²) in [6, 6.07) is 0. The quantitative estimate of drug-likeness (QED) is 0.717. The van der Waals surface area contributed by atoms with Crippen molar-refractivity contribution in [1.82, 2.24) is 19.6 Å². The summed E-state index contributed by atoms with van der Waals surface area (Å²) in [4.78, 5) is 18.3. The molecule has 2 aromatic heterocycles. The molecule has 0 saturated carbocycles. The first-order valence-corrected chi connectivity index (χ1v) is 4.34. The lowest BCUT2D eigenvalue weighted by molar-refractivity contribution is -0.137. The number of hydrogen-bond donors (Lipinski definition) is 2. The van der Waals surface area contributed by atoms with Crippen LogP contribution in [0.15, 0.2) is 12.4 Å². The van der Waals surface area contributed by atoms with E-state index < -0.39 is 5.97 Å².